The molecule has 0 aromatic carbocycles. The van der Waals surface area contributed by atoms with Crippen LogP contribution < -0.4 is 41.8 Å². The maximum Gasteiger partial charge on any atom is 0.258 e. The Morgan fingerprint density at radius 2 is 0.891 bits per heavy atom. The summed E-state index contributed by atoms with van der Waals surface area (Å²) in [6.07, 6.45) is 25.5. The molecule has 0 unspecified atom stereocenters. The van der Waals surface area contributed by atoms with Gasteiger partial charge in [0.25, 0.3) is 22.2 Å². The predicted molar refractivity (Wildman–Crippen MR) is 499 cm³/mol. The van der Waals surface area contributed by atoms with Crippen LogP contribution in [0, 0.1) is 47.4 Å². The van der Waals surface area contributed by atoms with E-state index in [0.29, 0.717) is 80.1 Å². The number of pyridine rings is 5. The number of nitrogens with zero attached hydrogens (tertiary/aromatic N) is 27. The van der Waals surface area contributed by atoms with Crippen molar-refractivity contribution >= 4 is 67.5 Å². The average Bonchev–Trinajstić information content (AvgIpc) is 1.41. The zero-order valence-electron chi connectivity index (χ0n) is 75.3. The second-order valence-corrected chi connectivity index (χ2v) is 35.7. The van der Waals surface area contributed by atoms with Gasteiger partial charge in [-0.05, 0) is 205 Å². The second kappa shape index (κ2) is 34.3. The summed E-state index contributed by atoms with van der Waals surface area (Å²) in [7, 11) is 4.23. The molecule has 0 amide bonds. The quantitative estimate of drug-likeness (QED) is 0.104. The second-order valence-electron chi connectivity index (χ2n) is 35.7. The van der Waals surface area contributed by atoms with Crippen molar-refractivity contribution in [3.63, 3.8) is 0 Å². The van der Waals surface area contributed by atoms with Gasteiger partial charge in [0.2, 0.25) is 0 Å². The highest BCUT2D eigenvalue weighted by Gasteiger charge is 2.41. The highest BCUT2D eigenvalue weighted by atomic mass is 19.1. The van der Waals surface area contributed by atoms with E-state index in [1.54, 1.807) is 52.6 Å². The Morgan fingerprint density at radius 1 is 0.414 bits per heavy atom. The molecule has 660 valence electrons. The van der Waals surface area contributed by atoms with Gasteiger partial charge in [-0.1, -0.05) is 27.7 Å². The van der Waals surface area contributed by atoms with Crippen LogP contribution >= 0.6 is 0 Å². The van der Waals surface area contributed by atoms with Crippen LogP contribution in [0.1, 0.15) is 118 Å². The molecule has 0 bridgehead atoms. The lowest BCUT2D eigenvalue weighted by Crippen LogP contribution is -2.57. The number of fused-ring (bicyclic) bond motifs is 10. The fraction of sp³-hybridized carbons (Fsp3) is 0.406. The molecule has 6 aliphatic rings. The highest BCUT2D eigenvalue weighted by Crippen LogP contribution is 2.36. The van der Waals surface area contributed by atoms with Gasteiger partial charge < -0.3 is 33.8 Å². The molecule has 0 radical (unpaired) electrons. The lowest BCUT2D eigenvalue weighted by atomic mass is 9.95. The largest absolute Gasteiger partial charge is 0.369 e. The number of hydrogen-bond donors (Lipinski definition) is 0. The molecule has 128 heavy (non-hydrogen) atoms. The maximum absolute atomic E-state index is 14.5. The average molecular weight is 1730 g/mol. The molecule has 3 atom stereocenters. The molecule has 0 spiro atoms. The Hall–Kier alpha value is -13.0. The van der Waals surface area contributed by atoms with Crippen LogP contribution in [0.5, 0.6) is 0 Å². The molecule has 6 saturated heterocycles. The molecule has 22 rings (SSSR count). The Balaban J connectivity index is 0.000000111. The third kappa shape index (κ3) is 16.4. The fourth-order valence-corrected chi connectivity index (χ4v) is 19.7. The van der Waals surface area contributed by atoms with Gasteiger partial charge >= 0.3 is 0 Å². The third-order valence-corrected chi connectivity index (χ3v) is 26.7. The predicted octanol–water partition coefficient (Wildman–Crippen LogP) is 11.1. The van der Waals surface area contributed by atoms with Crippen molar-refractivity contribution in [3.05, 3.63) is 239 Å². The van der Waals surface area contributed by atoms with Crippen LogP contribution in [0.25, 0.3) is 90.2 Å². The van der Waals surface area contributed by atoms with Gasteiger partial charge in [-0.15, -0.1) is 0 Å². The summed E-state index contributed by atoms with van der Waals surface area (Å²) in [5.41, 5.74) is 22.9. The van der Waals surface area contributed by atoms with E-state index < -0.39 is 5.82 Å². The van der Waals surface area contributed by atoms with Gasteiger partial charge in [0.15, 0.2) is 11.5 Å². The lowest BCUT2D eigenvalue weighted by Gasteiger charge is -2.46. The smallest absolute Gasteiger partial charge is 0.258 e. The molecule has 6 aliphatic heterocycles. The van der Waals surface area contributed by atoms with Gasteiger partial charge in [-0.2, -0.15) is 15.3 Å². The molecular weight excluding hydrogens is 1610 g/mol. The maximum atomic E-state index is 14.5. The summed E-state index contributed by atoms with van der Waals surface area (Å²) < 4.78 is 28.3. The molecule has 0 N–H and O–H groups in total. The summed E-state index contributed by atoms with van der Waals surface area (Å²) in [5.74, 6) is -0.438. The van der Waals surface area contributed by atoms with Crippen molar-refractivity contribution < 1.29 is 4.39 Å². The van der Waals surface area contributed by atoms with Crippen molar-refractivity contribution in [1.29, 1.82) is 0 Å². The van der Waals surface area contributed by atoms with Crippen molar-refractivity contribution in [1.82, 2.24) is 110 Å². The van der Waals surface area contributed by atoms with E-state index >= 15 is 0 Å². The first-order valence-corrected chi connectivity index (χ1v) is 45.1. The summed E-state index contributed by atoms with van der Waals surface area (Å²) in [5, 5.41) is 14.1. The summed E-state index contributed by atoms with van der Waals surface area (Å²) in [4.78, 5) is 109. The van der Waals surface area contributed by atoms with E-state index in [4.69, 9.17) is 20.1 Å². The number of aryl methyl sites for hydroxylation is 9. The zero-order valence-corrected chi connectivity index (χ0v) is 75.3. The first kappa shape index (κ1) is 84.5. The van der Waals surface area contributed by atoms with Gasteiger partial charge in [0.05, 0.1) is 121 Å². The van der Waals surface area contributed by atoms with E-state index in [9.17, 15) is 23.6 Å². The molecule has 16 aromatic heterocycles. The molecule has 0 saturated carbocycles. The number of likely N-dealkylation sites (N-methyl/N-ethyl adjacent to an activating group) is 2. The molecule has 31 nitrogen and oxygen atoms in total. The minimum absolute atomic E-state index is 0.0819. The van der Waals surface area contributed by atoms with Gasteiger partial charge in [-0.25, -0.2) is 42.9 Å². The summed E-state index contributed by atoms with van der Waals surface area (Å²) in [6, 6.07) is 26.9. The molecule has 16 aromatic rings. The van der Waals surface area contributed by atoms with E-state index in [1.807, 2.05) is 135 Å². The number of aromatic nitrogens is 19. The Bertz CT molecular complexity index is 7270. The minimum atomic E-state index is -0.438. The number of anilines is 4. The van der Waals surface area contributed by atoms with E-state index in [2.05, 4.69) is 141 Å². The summed E-state index contributed by atoms with van der Waals surface area (Å²) >= 11 is 0. The number of imidazole rings is 1. The molecule has 0 aliphatic carbocycles. The van der Waals surface area contributed by atoms with Crippen molar-refractivity contribution in [3.8, 4) is 45.4 Å². The molecule has 22 heterocycles. The van der Waals surface area contributed by atoms with E-state index in [0.717, 1.165) is 201 Å². The van der Waals surface area contributed by atoms with Gasteiger partial charge in [0.1, 0.15) is 39.7 Å². The highest BCUT2D eigenvalue weighted by molar-refractivity contribution is 5.72. The minimum Gasteiger partial charge on any atom is -0.369 e. The van der Waals surface area contributed by atoms with Crippen LogP contribution in [0.15, 0.2) is 160 Å². The first-order chi connectivity index (χ1) is 61.8. The van der Waals surface area contributed by atoms with Crippen LogP contribution in [-0.4, -0.2) is 240 Å². The van der Waals surface area contributed by atoms with Crippen LogP contribution in [-0.2, 0) is 19.3 Å². The molecule has 32 heteroatoms. The number of piperazine rings is 3. The Kier molecular flexibility index (Phi) is 22.6. The van der Waals surface area contributed by atoms with Crippen molar-refractivity contribution in [2.75, 3.05) is 132 Å². The Labute approximate surface area is 739 Å². The monoisotopic (exact) mass is 1720 g/mol. The fourth-order valence-electron chi connectivity index (χ4n) is 19.7. The van der Waals surface area contributed by atoms with Crippen LogP contribution in [0.3, 0.4) is 0 Å². The number of hydrogen-bond acceptors (Lipinski definition) is 23. The van der Waals surface area contributed by atoms with Crippen LogP contribution in [0.4, 0.5) is 27.1 Å². The lowest BCUT2D eigenvalue weighted by molar-refractivity contribution is 0.138. The number of rotatable bonds is 13. The van der Waals surface area contributed by atoms with E-state index in [-0.39, 0.29) is 33.4 Å². The van der Waals surface area contributed by atoms with Crippen molar-refractivity contribution in [2.45, 2.75) is 145 Å². The number of halogens is 1. The Morgan fingerprint density at radius 3 is 1.42 bits per heavy atom. The third-order valence-electron chi connectivity index (χ3n) is 26.7. The van der Waals surface area contributed by atoms with Crippen molar-refractivity contribution in [2.24, 2.45) is 0 Å². The van der Waals surface area contributed by atoms with Crippen LogP contribution in [0.2, 0.25) is 0 Å². The van der Waals surface area contributed by atoms with Gasteiger partial charge in [-0.3, -0.25) is 61.5 Å². The standard InChI is InChI=1S/C25H29N7O.C24H25FN6O.C24H29N7O.C23H27N7O/c1-4-20-23-11-22(28-32(23)13-17(3)26-20)21-12-24(33)31-15-19(10-16(2)25(31)27-21)30-9-8-29-7-5-6-18(29)14-30;1-16-12-29-13-17(10-19(25)23(29)26-16)20-11-22(32)31-14-18(4-5-21(31)27-20)28-8-9-30-7-3-6-24(30,2)15-28;1-5-19-22-12-21(27-31(22)14-17(4)25-19)20-13-23(32)30-15-18(11-16(3)24(30)26-20)29-9-7-28(6-2)8-10-29;1-5-18-21-10-20(26-30(21)12-15(2)24-18)19-11-23(31)29-14-17(6-7-22(29)25-19)28-9-8-16(13-28)27(3)4/h10-13,15,18H,4-9,14H2,1-3H3;4-5,10-14H,3,6-9,15H2,1-2H3;11-15H,5-10H2,1-4H3;6-7,10-12,14,16H,5,8-9,13H2,1-4H3/t18-;24-;;16-/m00.0/s1. The summed E-state index contributed by atoms with van der Waals surface area (Å²) in [6.45, 7) is 38.1. The normalized spacial score (nSPS) is 18.1. The van der Waals surface area contributed by atoms with E-state index in [1.165, 1.54) is 50.9 Å². The molecular formula is C96H110FN27O4. The van der Waals surface area contributed by atoms with Gasteiger partial charge in [0, 0.05) is 163 Å². The zero-order chi connectivity index (χ0) is 88.8. The SMILES string of the molecule is CCc1nc(C)cn2nc(-c3cc(=O)n4cc(N5CCN(CC)CC5)cc(C)c4n3)cc12.CCc1nc(C)cn2nc(-c3cc(=O)n4cc(N5CCN6CCC[C@H]6C5)cc(C)c4n3)cc12.CCc1nc(C)cn2nc(-c3cc(=O)n4cc(N5CC[C@H](N(C)C)C5)ccc4n3)cc12.Cc1cn2cc(-c3cc(=O)n4cc(N5CCN6CCC[C@@]6(C)C5)ccc4n3)cc(F)c2n1. The topological polar surface area (TPSA) is 271 Å². The molecule has 6 fully saturated rings. The first-order valence-electron chi connectivity index (χ1n) is 45.1.